The first kappa shape index (κ1) is 44.5. The van der Waals surface area contributed by atoms with Crippen LogP contribution in [-0.2, 0) is 32.2 Å². The molecule has 9 rings (SSSR count). The molecule has 18 heteroatoms. The van der Waals surface area contributed by atoms with Gasteiger partial charge in [0.2, 0.25) is 17.8 Å². The number of hydrogen-bond donors (Lipinski definition) is 3. The number of amides is 4. The largest absolute Gasteiger partial charge is 0.478 e. The van der Waals surface area contributed by atoms with Gasteiger partial charge >= 0.3 is 0 Å². The van der Waals surface area contributed by atoms with Crippen LogP contribution in [-0.4, -0.2) is 112 Å². The molecular weight excluding hydrogens is 857 g/mol. The first-order valence-electron chi connectivity index (χ1n) is 22.7. The van der Waals surface area contributed by atoms with E-state index in [1.807, 2.05) is 32.0 Å². The van der Waals surface area contributed by atoms with Gasteiger partial charge in [-0.25, -0.2) is 9.37 Å². The second kappa shape index (κ2) is 18.7. The van der Waals surface area contributed by atoms with Crippen LogP contribution in [0.15, 0.2) is 47.4 Å². The zero-order valence-corrected chi connectivity index (χ0v) is 37.7. The first-order chi connectivity index (χ1) is 31.3. The van der Waals surface area contributed by atoms with Gasteiger partial charge < -0.3 is 39.4 Å². The van der Waals surface area contributed by atoms with Crippen LogP contribution in [0, 0.1) is 11.7 Å². The van der Waals surface area contributed by atoms with E-state index in [2.05, 4.69) is 30.7 Å². The zero-order chi connectivity index (χ0) is 45.5. The molecule has 4 fully saturated rings. The van der Waals surface area contributed by atoms with E-state index in [9.17, 15) is 24.0 Å². The van der Waals surface area contributed by atoms with Gasteiger partial charge in [0.25, 0.3) is 17.4 Å². The number of likely N-dealkylation sites (N-methyl/N-ethyl adjacent to an activating group) is 1. The van der Waals surface area contributed by atoms with Crippen molar-refractivity contribution in [2.24, 2.45) is 5.92 Å². The molecular formula is C47H55ClFN9O7. The number of piperidine rings is 3. The lowest BCUT2D eigenvalue weighted by Gasteiger charge is -2.47. The average Bonchev–Trinajstić information content (AvgIpc) is 3.62. The maximum absolute atomic E-state index is 16.0. The molecule has 3 saturated heterocycles. The van der Waals surface area contributed by atoms with Crippen LogP contribution in [0.2, 0.25) is 5.02 Å². The standard InChI is InChI=1S/C47H55ClFN9O7/c1-26(2)23-57-37-7-4-29(18-28(37)19-39(46(57)63)64-25-41(60)50-3)52-43-36(48)22-51-47(54-43)56-16-12-31(13-17-56)65-32-20-30(21-32)55-14-10-27(11-15-55)33-5-6-34-35(42(33)49)24-58(45(34)62)38-8-9-40(59)53-44(38)61/h4-7,18-19,22,26-27,30-32,38H,8-17,20-21,23-25H2,1-3H3,(H,50,60)(H,51,52,54)(H,53,59,61)/t30?,32?,38-/m1/s1. The number of aromatic nitrogens is 3. The quantitative estimate of drug-likeness (QED) is 0.148. The Kier molecular flexibility index (Phi) is 12.8. The van der Waals surface area contributed by atoms with Gasteiger partial charge in [-0.05, 0) is 106 Å². The van der Waals surface area contributed by atoms with Crippen molar-refractivity contribution >= 4 is 63.6 Å². The molecule has 4 aromatic rings. The Bertz CT molecular complexity index is 2570. The zero-order valence-electron chi connectivity index (χ0n) is 36.9. The fraction of sp³-hybridized carbons (Fsp3) is 0.511. The van der Waals surface area contributed by atoms with Crippen LogP contribution in [0.5, 0.6) is 5.75 Å². The number of anilines is 3. The Morgan fingerprint density at radius 2 is 1.75 bits per heavy atom. The number of nitrogens with zero attached hydrogens (tertiary/aromatic N) is 6. The third kappa shape index (κ3) is 9.27. The number of hydrogen-bond acceptors (Lipinski definition) is 12. The molecule has 3 N–H and O–H groups in total. The predicted molar refractivity (Wildman–Crippen MR) is 242 cm³/mol. The lowest BCUT2D eigenvalue weighted by atomic mass is 9.83. The number of imide groups is 1. The molecule has 0 unspecified atom stereocenters. The van der Waals surface area contributed by atoms with Crippen molar-refractivity contribution in [1.82, 2.24) is 35.0 Å². The van der Waals surface area contributed by atoms with Crippen LogP contribution in [0.25, 0.3) is 10.9 Å². The second-order valence-corrected chi connectivity index (χ2v) is 18.7. The van der Waals surface area contributed by atoms with Gasteiger partial charge in [-0.2, -0.15) is 4.98 Å². The summed E-state index contributed by atoms with van der Waals surface area (Å²) in [6, 6.07) is 10.4. The van der Waals surface area contributed by atoms with Gasteiger partial charge in [0.1, 0.15) is 16.9 Å². The van der Waals surface area contributed by atoms with Gasteiger partial charge in [-0.3, -0.25) is 29.3 Å². The van der Waals surface area contributed by atoms with E-state index in [0.717, 1.165) is 75.6 Å². The highest BCUT2D eigenvalue weighted by atomic mass is 35.5. The highest BCUT2D eigenvalue weighted by Crippen LogP contribution is 2.39. The Labute approximate surface area is 381 Å². The van der Waals surface area contributed by atoms with Gasteiger partial charge in [-0.1, -0.05) is 31.5 Å². The van der Waals surface area contributed by atoms with E-state index in [0.29, 0.717) is 51.8 Å². The Morgan fingerprint density at radius 1 is 0.985 bits per heavy atom. The minimum atomic E-state index is -0.769. The van der Waals surface area contributed by atoms with Crippen molar-refractivity contribution in [3.8, 4) is 5.75 Å². The minimum absolute atomic E-state index is 0.0380. The molecule has 16 nitrogen and oxygen atoms in total. The normalized spacial score (nSPS) is 22.0. The molecule has 0 spiro atoms. The fourth-order valence-electron chi connectivity index (χ4n) is 9.96. The van der Waals surface area contributed by atoms with E-state index in [4.69, 9.17) is 26.1 Å². The summed E-state index contributed by atoms with van der Waals surface area (Å²) in [6.45, 7) is 7.53. The van der Waals surface area contributed by atoms with Crippen molar-refractivity contribution in [2.75, 3.05) is 50.1 Å². The summed E-state index contributed by atoms with van der Waals surface area (Å²) in [6.07, 6.45) is 7.64. The molecule has 1 aliphatic carbocycles. The number of halogens is 2. The van der Waals surface area contributed by atoms with Gasteiger partial charge in [0.05, 0.1) is 30.5 Å². The van der Waals surface area contributed by atoms with Crippen LogP contribution in [0.3, 0.4) is 0 Å². The molecule has 1 atom stereocenters. The van der Waals surface area contributed by atoms with Crippen molar-refractivity contribution in [3.63, 3.8) is 0 Å². The van der Waals surface area contributed by atoms with E-state index in [1.54, 1.807) is 29.0 Å². The van der Waals surface area contributed by atoms with Crippen molar-refractivity contribution in [1.29, 1.82) is 0 Å². The molecule has 1 saturated carbocycles. The summed E-state index contributed by atoms with van der Waals surface area (Å²) >= 11 is 6.61. The van der Waals surface area contributed by atoms with Crippen LogP contribution >= 0.6 is 11.6 Å². The summed E-state index contributed by atoms with van der Waals surface area (Å²) < 4.78 is 29.9. The highest BCUT2D eigenvalue weighted by Gasteiger charge is 2.42. The molecule has 4 aliphatic heterocycles. The summed E-state index contributed by atoms with van der Waals surface area (Å²) in [5, 5.41) is 9.27. The fourth-order valence-corrected chi connectivity index (χ4v) is 10.1. The monoisotopic (exact) mass is 911 g/mol. The van der Waals surface area contributed by atoms with Crippen molar-refractivity contribution in [3.05, 3.63) is 80.5 Å². The maximum Gasteiger partial charge on any atom is 0.293 e. The number of nitrogens with one attached hydrogen (secondary N) is 3. The number of carbonyl (C=O) groups excluding carboxylic acids is 4. The average molecular weight is 912 g/mol. The second-order valence-electron chi connectivity index (χ2n) is 18.3. The summed E-state index contributed by atoms with van der Waals surface area (Å²) in [7, 11) is 1.51. The first-order valence-corrected chi connectivity index (χ1v) is 23.1. The Hall–Kier alpha value is -5.65. The Balaban J connectivity index is 0.748. The molecule has 0 bridgehead atoms. The van der Waals surface area contributed by atoms with E-state index in [1.165, 1.54) is 11.9 Å². The number of rotatable bonds is 13. The third-order valence-electron chi connectivity index (χ3n) is 13.6. The number of benzene rings is 2. The summed E-state index contributed by atoms with van der Waals surface area (Å²) in [4.78, 5) is 77.9. The maximum atomic E-state index is 16.0. The van der Waals surface area contributed by atoms with E-state index < -0.39 is 11.9 Å². The SMILES string of the molecule is CNC(=O)COc1cc2cc(Nc3nc(N4CCC(OC5CC(N6CCC(c7ccc8c(c7F)CN([C@@H]7CCC(=O)NC7=O)C8=O)CC6)C5)CC4)ncc3Cl)ccc2n(CC(C)C)c1=O. The molecule has 2 aromatic heterocycles. The molecule has 5 aliphatic rings. The minimum Gasteiger partial charge on any atom is -0.478 e. The van der Waals surface area contributed by atoms with Crippen molar-refractivity contribution in [2.45, 2.75) is 109 Å². The van der Waals surface area contributed by atoms with Crippen LogP contribution in [0.4, 0.5) is 21.8 Å². The summed E-state index contributed by atoms with van der Waals surface area (Å²) in [5.74, 6) is -0.512. The van der Waals surface area contributed by atoms with Gasteiger partial charge in [-0.15, -0.1) is 0 Å². The number of ether oxygens (including phenoxy) is 2. The number of pyridine rings is 1. The molecule has 4 amide bonds. The lowest BCUT2D eigenvalue weighted by molar-refractivity contribution is -0.137. The summed E-state index contributed by atoms with van der Waals surface area (Å²) in [5.41, 5.74) is 2.45. The topological polar surface area (TPSA) is 180 Å². The van der Waals surface area contributed by atoms with E-state index >= 15 is 4.39 Å². The Morgan fingerprint density at radius 3 is 2.48 bits per heavy atom. The smallest absolute Gasteiger partial charge is 0.293 e. The van der Waals surface area contributed by atoms with Gasteiger partial charge in [0.15, 0.2) is 18.2 Å². The lowest BCUT2D eigenvalue weighted by Crippen LogP contribution is -2.52. The molecule has 65 heavy (non-hydrogen) atoms. The molecule has 344 valence electrons. The van der Waals surface area contributed by atoms with E-state index in [-0.39, 0.29) is 84.9 Å². The third-order valence-corrected chi connectivity index (χ3v) is 13.9. The molecule has 6 heterocycles. The van der Waals surface area contributed by atoms with Crippen molar-refractivity contribution < 1.29 is 33.0 Å². The highest BCUT2D eigenvalue weighted by molar-refractivity contribution is 6.33. The number of carbonyl (C=O) groups is 4. The number of likely N-dealkylation sites (tertiary alicyclic amines) is 1. The molecule has 2 aromatic carbocycles. The predicted octanol–water partition coefficient (Wildman–Crippen LogP) is 5.27. The van der Waals surface area contributed by atoms with Gasteiger partial charge in [0, 0.05) is 61.3 Å². The molecule has 0 radical (unpaired) electrons. The van der Waals surface area contributed by atoms with Crippen LogP contribution < -0.4 is 31.1 Å². The van der Waals surface area contributed by atoms with Crippen LogP contribution in [0.1, 0.15) is 92.6 Å². The number of fused-ring (bicyclic) bond motifs is 2.